The van der Waals surface area contributed by atoms with Gasteiger partial charge in [-0.25, -0.2) is 0 Å². The van der Waals surface area contributed by atoms with Crippen molar-refractivity contribution in [2.75, 3.05) is 20.2 Å². The van der Waals surface area contributed by atoms with Crippen molar-refractivity contribution in [3.63, 3.8) is 0 Å². The summed E-state index contributed by atoms with van der Waals surface area (Å²) in [5.41, 5.74) is 6.05. The van der Waals surface area contributed by atoms with Crippen LogP contribution in [-0.4, -0.2) is 36.5 Å². The molecule has 1 rings (SSSR count). The molecular formula is C14H22N2O2. The lowest BCUT2D eigenvalue weighted by Crippen LogP contribution is -2.50. The number of likely N-dealkylation sites (N-methyl/N-ethyl adjacent to an activating group) is 1. The van der Waals surface area contributed by atoms with Gasteiger partial charge in [0.25, 0.3) is 0 Å². The maximum atomic E-state index is 11.8. The van der Waals surface area contributed by atoms with Crippen LogP contribution in [-0.2, 0) is 16.1 Å². The number of hydrogen-bond acceptors (Lipinski definition) is 3. The van der Waals surface area contributed by atoms with E-state index >= 15 is 0 Å². The van der Waals surface area contributed by atoms with Crippen LogP contribution in [0.3, 0.4) is 0 Å². The first-order valence-corrected chi connectivity index (χ1v) is 6.07. The molecule has 0 saturated heterocycles. The topological polar surface area (TPSA) is 55.6 Å². The minimum absolute atomic E-state index is 0.0780. The van der Waals surface area contributed by atoms with Gasteiger partial charge in [-0.1, -0.05) is 30.3 Å². The van der Waals surface area contributed by atoms with Crippen LogP contribution in [0.4, 0.5) is 0 Å². The number of hydrogen-bond donors (Lipinski definition) is 1. The quantitative estimate of drug-likeness (QED) is 0.776. The monoisotopic (exact) mass is 250 g/mol. The molecule has 1 amide bonds. The molecule has 2 N–H and O–H groups in total. The number of nitrogens with two attached hydrogens (primary N) is 1. The van der Waals surface area contributed by atoms with Crippen molar-refractivity contribution in [1.29, 1.82) is 0 Å². The van der Waals surface area contributed by atoms with Gasteiger partial charge in [0.15, 0.2) is 0 Å². The summed E-state index contributed by atoms with van der Waals surface area (Å²) < 4.78 is 5.52. The molecule has 0 bridgehead atoms. The number of ether oxygens (including phenoxy) is 1. The van der Waals surface area contributed by atoms with E-state index < -0.39 is 5.54 Å². The van der Waals surface area contributed by atoms with Crippen molar-refractivity contribution < 1.29 is 9.53 Å². The van der Waals surface area contributed by atoms with Gasteiger partial charge in [-0.3, -0.25) is 4.79 Å². The molecule has 1 aromatic rings. The number of benzene rings is 1. The molecule has 4 nitrogen and oxygen atoms in total. The van der Waals surface area contributed by atoms with E-state index in [0.717, 1.165) is 5.56 Å². The molecule has 0 aliphatic heterocycles. The summed E-state index contributed by atoms with van der Waals surface area (Å²) in [6, 6.07) is 9.95. The molecule has 0 aliphatic carbocycles. The van der Waals surface area contributed by atoms with Crippen molar-refractivity contribution in [1.82, 2.24) is 4.90 Å². The fourth-order valence-corrected chi connectivity index (χ4v) is 1.56. The van der Waals surface area contributed by atoms with Crippen LogP contribution in [0, 0.1) is 0 Å². The summed E-state index contributed by atoms with van der Waals surface area (Å²) in [4.78, 5) is 13.4. The van der Waals surface area contributed by atoms with Crippen LogP contribution < -0.4 is 5.73 Å². The van der Waals surface area contributed by atoms with E-state index in [1.807, 2.05) is 30.3 Å². The molecule has 0 aromatic heterocycles. The van der Waals surface area contributed by atoms with Crippen LogP contribution in [0.1, 0.15) is 19.4 Å². The van der Waals surface area contributed by atoms with Crippen molar-refractivity contribution in [3.8, 4) is 0 Å². The molecule has 0 atom stereocenters. The van der Waals surface area contributed by atoms with E-state index in [9.17, 15) is 4.79 Å². The highest BCUT2D eigenvalue weighted by atomic mass is 16.5. The molecule has 0 radical (unpaired) electrons. The largest absolute Gasteiger partial charge is 0.375 e. The van der Waals surface area contributed by atoms with Gasteiger partial charge < -0.3 is 15.4 Å². The van der Waals surface area contributed by atoms with E-state index in [1.54, 1.807) is 25.8 Å². The summed E-state index contributed by atoms with van der Waals surface area (Å²) in [5, 5.41) is 0. The van der Waals surface area contributed by atoms with Crippen LogP contribution in [0.25, 0.3) is 0 Å². The molecule has 4 heteroatoms. The predicted molar refractivity (Wildman–Crippen MR) is 72.0 cm³/mol. The lowest BCUT2D eigenvalue weighted by Gasteiger charge is -2.25. The molecule has 0 unspecified atom stereocenters. The molecule has 0 aliphatic rings. The SMILES string of the molecule is CN(CCOCc1ccccc1)C(=O)C(C)(C)N. The normalized spacial score (nSPS) is 11.3. The van der Waals surface area contributed by atoms with Gasteiger partial charge in [-0.15, -0.1) is 0 Å². The van der Waals surface area contributed by atoms with E-state index in [2.05, 4.69) is 0 Å². The minimum Gasteiger partial charge on any atom is -0.375 e. The van der Waals surface area contributed by atoms with E-state index in [0.29, 0.717) is 19.8 Å². The summed E-state index contributed by atoms with van der Waals surface area (Å²) in [6.45, 7) is 5.03. The number of carbonyl (C=O) groups excluding carboxylic acids is 1. The number of carbonyl (C=O) groups is 1. The lowest BCUT2D eigenvalue weighted by atomic mass is 10.1. The average Bonchev–Trinajstić information content (AvgIpc) is 2.33. The van der Waals surface area contributed by atoms with Gasteiger partial charge >= 0.3 is 0 Å². The first-order chi connectivity index (χ1) is 8.41. The minimum atomic E-state index is -0.825. The van der Waals surface area contributed by atoms with Gasteiger partial charge in [0.05, 0.1) is 18.8 Å². The van der Waals surface area contributed by atoms with Crippen molar-refractivity contribution in [2.45, 2.75) is 26.0 Å². The molecule has 0 fully saturated rings. The van der Waals surface area contributed by atoms with Crippen molar-refractivity contribution >= 4 is 5.91 Å². The van der Waals surface area contributed by atoms with Gasteiger partial charge in [-0.05, 0) is 19.4 Å². The highest BCUT2D eigenvalue weighted by molar-refractivity contribution is 5.84. The number of amides is 1. The second-order valence-corrected chi connectivity index (χ2v) is 4.99. The molecule has 0 saturated carbocycles. The maximum Gasteiger partial charge on any atom is 0.241 e. The average molecular weight is 250 g/mol. The fourth-order valence-electron chi connectivity index (χ4n) is 1.56. The first kappa shape index (κ1) is 14.7. The number of nitrogens with zero attached hydrogens (tertiary/aromatic N) is 1. The van der Waals surface area contributed by atoms with Gasteiger partial charge in [0.2, 0.25) is 5.91 Å². The summed E-state index contributed by atoms with van der Waals surface area (Å²) in [5.74, 6) is -0.0780. The van der Waals surface area contributed by atoms with Crippen LogP contribution in [0.2, 0.25) is 0 Å². The lowest BCUT2D eigenvalue weighted by molar-refractivity contribution is -0.135. The molecule has 100 valence electrons. The van der Waals surface area contributed by atoms with Gasteiger partial charge in [-0.2, -0.15) is 0 Å². The van der Waals surface area contributed by atoms with E-state index in [4.69, 9.17) is 10.5 Å². The Kier molecular flexibility index (Phi) is 5.31. The second-order valence-electron chi connectivity index (χ2n) is 4.99. The van der Waals surface area contributed by atoms with Crippen molar-refractivity contribution in [3.05, 3.63) is 35.9 Å². The fraction of sp³-hybridized carbons (Fsp3) is 0.500. The second kappa shape index (κ2) is 6.52. The first-order valence-electron chi connectivity index (χ1n) is 6.07. The smallest absolute Gasteiger partial charge is 0.241 e. The Balaban J connectivity index is 2.24. The summed E-state index contributed by atoms with van der Waals surface area (Å²) >= 11 is 0. The van der Waals surface area contributed by atoms with Crippen molar-refractivity contribution in [2.24, 2.45) is 5.73 Å². The Morgan fingerprint density at radius 1 is 1.33 bits per heavy atom. The molecule has 1 aromatic carbocycles. The third-order valence-electron chi connectivity index (χ3n) is 2.58. The van der Waals surface area contributed by atoms with E-state index in [-0.39, 0.29) is 5.91 Å². The predicted octanol–water partition coefficient (Wildman–Crippen LogP) is 1.40. The molecule has 0 spiro atoms. The van der Waals surface area contributed by atoms with Crippen LogP contribution in [0.5, 0.6) is 0 Å². The van der Waals surface area contributed by atoms with Crippen LogP contribution in [0.15, 0.2) is 30.3 Å². The Labute approximate surface area is 109 Å². The Morgan fingerprint density at radius 2 is 1.94 bits per heavy atom. The summed E-state index contributed by atoms with van der Waals surface area (Å²) in [6.07, 6.45) is 0. The third kappa shape index (κ3) is 4.85. The highest BCUT2D eigenvalue weighted by Gasteiger charge is 2.25. The Hall–Kier alpha value is -1.39. The highest BCUT2D eigenvalue weighted by Crippen LogP contribution is 2.03. The Morgan fingerprint density at radius 3 is 2.50 bits per heavy atom. The molecular weight excluding hydrogens is 228 g/mol. The van der Waals surface area contributed by atoms with Gasteiger partial charge in [0.1, 0.15) is 0 Å². The standard InChI is InChI=1S/C14H22N2O2/c1-14(2,15)13(17)16(3)9-10-18-11-12-7-5-4-6-8-12/h4-8H,9-11,15H2,1-3H3. The zero-order chi connectivity index (χ0) is 13.6. The van der Waals surface area contributed by atoms with E-state index in [1.165, 1.54) is 0 Å². The van der Waals surface area contributed by atoms with Crippen LogP contribution >= 0.6 is 0 Å². The zero-order valence-electron chi connectivity index (χ0n) is 11.3. The Bertz CT molecular complexity index is 371. The zero-order valence-corrected chi connectivity index (χ0v) is 11.3. The number of rotatable bonds is 6. The third-order valence-corrected chi connectivity index (χ3v) is 2.58. The maximum absolute atomic E-state index is 11.8. The summed E-state index contributed by atoms with van der Waals surface area (Å²) in [7, 11) is 1.74. The molecule has 0 heterocycles. The molecule has 18 heavy (non-hydrogen) atoms. The van der Waals surface area contributed by atoms with Gasteiger partial charge in [0, 0.05) is 13.6 Å².